The van der Waals surface area contributed by atoms with E-state index in [0.29, 0.717) is 12.1 Å². The molecule has 3 rings (SSSR count). The highest BCUT2D eigenvalue weighted by Gasteiger charge is 2.32. The second kappa shape index (κ2) is 9.37. The predicted octanol–water partition coefficient (Wildman–Crippen LogP) is 3.90. The van der Waals surface area contributed by atoms with Crippen LogP contribution in [0.5, 0.6) is 0 Å². The minimum absolute atomic E-state index is 0.356. The molecule has 0 amide bonds. The van der Waals surface area contributed by atoms with E-state index < -0.39 is 0 Å². The normalized spacial score (nSPS) is 21.6. The van der Waals surface area contributed by atoms with Gasteiger partial charge in [-0.2, -0.15) is 0 Å². The number of nitrogens with zero attached hydrogens (tertiary/aromatic N) is 2. The Morgan fingerprint density at radius 3 is 1.91 bits per heavy atom. The van der Waals surface area contributed by atoms with Gasteiger partial charge in [-0.15, -0.1) is 0 Å². The Morgan fingerprint density at radius 1 is 0.913 bits per heavy atom. The molecule has 2 unspecified atom stereocenters. The molecule has 1 saturated heterocycles. The van der Waals surface area contributed by atoms with Crippen molar-refractivity contribution in [3.8, 4) is 0 Å². The Bertz CT molecular complexity index is 557. The molecule has 0 bridgehead atoms. The standard InChI is InChI=1S/C16H17IN2.C3H9N/c17-19-12-11-18-15(13-7-3-1-4-8-13)16(19)14-9-5-2-6-10-14;1-4(2)3/h1-10,15-16,18H,11-12H2;1-3H3. The Labute approximate surface area is 154 Å². The average molecular weight is 423 g/mol. The largest absolute Gasteiger partial charge is 0.312 e. The summed E-state index contributed by atoms with van der Waals surface area (Å²) in [6.45, 7) is 2.11. The van der Waals surface area contributed by atoms with Gasteiger partial charge in [-0.25, -0.2) is 3.11 Å². The monoisotopic (exact) mass is 423 g/mol. The zero-order valence-corrected chi connectivity index (χ0v) is 16.3. The van der Waals surface area contributed by atoms with Gasteiger partial charge >= 0.3 is 0 Å². The number of benzene rings is 2. The van der Waals surface area contributed by atoms with Crippen molar-refractivity contribution in [3.05, 3.63) is 71.8 Å². The molecule has 124 valence electrons. The van der Waals surface area contributed by atoms with Crippen molar-refractivity contribution >= 4 is 22.9 Å². The molecule has 2 aromatic carbocycles. The lowest BCUT2D eigenvalue weighted by atomic mass is 9.92. The van der Waals surface area contributed by atoms with Crippen LogP contribution in [0.2, 0.25) is 0 Å². The van der Waals surface area contributed by atoms with Crippen molar-refractivity contribution < 1.29 is 0 Å². The second-order valence-electron chi connectivity index (χ2n) is 6.16. The maximum atomic E-state index is 3.67. The van der Waals surface area contributed by atoms with Gasteiger partial charge in [-0.05, 0) is 32.3 Å². The quantitative estimate of drug-likeness (QED) is 0.584. The van der Waals surface area contributed by atoms with Crippen LogP contribution in [-0.4, -0.2) is 42.2 Å². The molecule has 1 heterocycles. The number of nitrogens with one attached hydrogen (secondary N) is 1. The molecule has 2 aromatic rings. The molecule has 23 heavy (non-hydrogen) atoms. The summed E-state index contributed by atoms with van der Waals surface area (Å²) < 4.78 is 2.42. The van der Waals surface area contributed by atoms with E-state index >= 15 is 0 Å². The summed E-state index contributed by atoms with van der Waals surface area (Å²) in [5.41, 5.74) is 2.73. The molecule has 0 radical (unpaired) electrons. The van der Waals surface area contributed by atoms with Gasteiger partial charge < -0.3 is 10.2 Å². The van der Waals surface area contributed by atoms with Gasteiger partial charge in [-0.1, -0.05) is 60.7 Å². The van der Waals surface area contributed by atoms with Crippen LogP contribution in [0.15, 0.2) is 60.7 Å². The van der Waals surface area contributed by atoms with Gasteiger partial charge in [-0.3, -0.25) is 0 Å². The van der Waals surface area contributed by atoms with Crippen LogP contribution in [0.3, 0.4) is 0 Å². The number of hydrogen-bond donors (Lipinski definition) is 1. The molecule has 1 N–H and O–H groups in total. The Morgan fingerprint density at radius 2 is 1.39 bits per heavy atom. The zero-order valence-electron chi connectivity index (χ0n) is 14.1. The van der Waals surface area contributed by atoms with Crippen molar-refractivity contribution in [1.29, 1.82) is 0 Å². The summed E-state index contributed by atoms with van der Waals surface area (Å²) in [4.78, 5) is 2.00. The molecule has 0 saturated carbocycles. The lowest BCUT2D eigenvalue weighted by molar-refractivity contribution is 0.247. The topological polar surface area (TPSA) is 18.5 Å². The third-order valence-corrected chi connectivity index (χ3v) is 4.69. The average Bonchev–Trinajstić information content (AvgIpc) is 2.56. The molecule has 1 fully saturated rings. The molecule has 1 aliphatic rings. The van der Waals surface area contributed by atoms with Crippen LogP contribution < -0.4 is 5.32 Å². The van der Waals surface area contributed by atoms with Crippen LogP contribution in [0.25, 0.3) is 0 Å². The first-order valence-electron chi connectivity index (χ1n) is 7.96. The van der Waals surface area contributed by atoms with E-state index in [1.165, 1.54) is 11.1 Å². The van der Waals surface area contributed by atoms with Gasteiger partial charge in [0.15, 0.2) is 0 Å². The molecule has 2 atom stereocenters. The Hall–Kier alpha value is -0.950. The fraction of sp³-hybridized carbons (Fsp3) is 0.368. The second-order valence-corrected chi connectivity index (χ2v) is 7.40. The minimum atomic E-state index is 0.356. The first-order valence-corrected chi connectivity index (χ1v) is 8.92. The number of piperazine rings is 1. The van der Waals surface area contributed by atoms with Gasteiger partial charge in [0.2, 0.25) is 0 Å². The maximum Gasteiger partial charge on any atom is 0.0639 e. The van der Waals surface area contributed by atoms with Gasteiger partial charge in [0, 0.05) is 36.0 Å². The Balaban J connectivity index is 0.000000433. The smallest absolute Gasteiger partial charge is 0.0639 e. The highest BCUT2D eigenvalue weighted by molar-refractivity contribution is 14.1. The van der Waals surface area contributed by atoms with Crippen molar-refractivity contribution in [2.24, 2.45) is 0 Å². The van der Waals surface area contributed by atoms with Crippen LogP contribution in [0.4, 0.5) is 0 Å². The van der Waals surface area contributed by atoms with E-state index in [-0.39, 0.29) is 0 Å². The van der Waals surface area contributed by atoms with Gasteiger partial charge in [0.25, 0.3) is 0 Å². The lowest BCUT2D eigenvalue weighted by Gasteiger charge is -2.39. The highest BCUT2D eigenvalue weighted by Crippen LogP contribution is 2.37. The van der Waals surface area contributed by atoms with E-state index in [1.54, 1.807) is 0 Å². The summed E-state index contributed by atoms with van der Waals surface area (Å²) >= 11 is 2.46. The summed E-state index contributed by atoms with van der Waals surface area (Å²) in [6.07, 6.45) is 0. The minimum Gasteiger partial charge on any atom is -0.312 e. The van der Waals surface area contributed by atoms with Crippen LogP contribution in [-0.2, 0) is 0 Å². The molecule has 4 heteroatoms. The van der Waals surface area contributed by atoms with E-state index in [0.717, 1.165) is 13.1 Å². The van der Waals surface area contributed by atoms with E-state index in [1.807, 2.05) is 26.0 Å². The van der Waals surface area contributed by atoms with Crippen molar-refractivity contribution in [2.75, 3.05) is 34.2 Å². The molecular weight excluding hydrogens is 397 g/mol. The summed E-state index contributed by atoms with van der Waals surface area (Å²) in [7, 11) is 6.00. The van der Waals surface area contributed by atoms with E-state index in [4.69, 9.17) is 0 Å². The van der Waals surface area contributed by atoms with Gasteiger partial charge in [0.05, 0.1) is 12.1 Å². The van der Waals surface area contributed by atoms with Crippen LogP contribution in [0.1, 0.15) is 23.2 Å². The summed E-state index contributed by atoms with van der Waals surface area (Å²) in [6, 6.07) is 22.2. The molecule has 0 aliphatic carbocycles. The van der Waals surface area contributed by atoms with Crippen LogP contribution >= 0.6 is 22.9 Å². The van der Waals surface area contributed by atoms with E-state index in [9.17, 15) is 0 Å². The molecule has 3 nitrogen and oxygen atoms in total. The molecule has 0 spiro atoms. The summed E-state index contributed by atoms with van der Waals surface area (Å²) in [5, 5.41) is 3.67. The third-order valence-electron chi connectivity index (χ3n) is 3.61. The summed E-state index contributed by atoms with van der Waals surface area (Å²) in [5.74, 6) is 0. The third kappa shape index (κ3) is 5.57. The highest BCUT2D eigenvalue weighted by atomic mass is 127. The SMILES string of the molecule is CN(C)C.IN1CCNC(c2ccccc2)C1c1ccccc1. The lowest BCUT2D eigenvalue weighted by Crippen LogP contribution is -2.43. The van der Waals surface area contributed by atoms with Gasteiger partial charge in [0.1, 0.15) is 0 Å². The number of hydrogen-bond acceptors (Lipinski definition) is 3. The maximum absolute atomic E-state index is 3.67. The van der Waals surface area contributed by atoms with E-state index in [2.05, 4.69) is 92.0 Å². The number of rotatable bonds is 2. The fourth-order valence-electron chi connectivity index (χ4n) is 2.70. The molecule has 1 aliphatic heterocycles. The van der Waals surface area contributed by atoms with Crippen molar-refractivity contribution in [1.82, 2.24) is 13.3 Å². The number of halogens is 1. The fourth-order valence-corrected chi connectivity index (χ4v) is 3.59. The molecule has 0 aromatic heterocycles. The zero-order chi connectivity index (χ0) is 16.7. The van der Waals surface area contributed by atoms with Crippen molar-refractivity contribution in [2.45, 2.75) is 12.1 Å². The predicted molar refractivity (Wildman–Crippen MR) is 107 cm³/mol. The van der Waals surface area contributed by atoms with Crippen molar-refractivity contribution in [3.63, 3.8) is 0 Å². The first-order chi connectivity index (χ1) is 11.1. The van der Waals surface area contributed by atoms with Crippen LogP contribution in [0, 0.1) is 0 Å². The molecular formula is C19H26IN3. The Kier molecular flexibility index (Phi) is 7.49. The first kappa shape index (κ1) is 18.4.